The number of phenols is 2. The molecule has 0 saturated heterocycles. The molecule has 4 N–H and O–H groups in total. The average Bonchev–Trinajstić information content (AvgIpc) is 3.06. The lowest BCUT2D eigenvalue weighted by Gasteiger charge is -2.53. The van der Waals surface area contributed by atoms with Gasteiger partial charge < -0.3 is 39.4 Å². The Morgan fingerprint density at radius 2 is 1.76 bits per heavy atom. The van der Waals surface area contributed by atoms with E-state index in [1.807, 2.05) is 39.8 Å². The molecule has 10 heteroatoms. The number of fused-ring (bicyclic) bond motifs is 5. The van der Waals surface area contributed by atoms with Crippen molar-refractivity contribution in [1.82, 2.24) is 0 Å². The molecule has 46 heavy (non-hydrogen) atoms. The highest BCUT2D eigenvalue weighted by Gasteiger charge is 2.58. The lowest BCUT2D eigenvalue weighted by atomic mass is 9.64. The van der Waals surface area contributed by atoms with Gasteiger partial charge in [0.05, 0.1) is 20.8 Å². The molecule has 246 valence electrons. The number of aromatic hydroxyl groups is 2. The fraction of sp³-hybridized carbons (Fsp3) is 0.500. The minimum absolute atomic E-state index is 0.0997. The summed E-state index contributed by atoms with van der Waals surface area (Å²) >= 11 is 0. The van der Waals surface area contributed by atoms with Crippen LogP contribution in [0.25, 0.3) is 11.1 Å². The van der Waals surface area contributed by atoms with Gasteiger partial charge in [0.1, 0.15) is 30.0 Å². The molecule has 8 nitrogen and oxygen atoms in total. The van der Waals surface area contributed by atoms with Crippen LogP contribution in [0.3, 0.4) is 0 Å². The van der Waals surface area contributed by atoms with Gasteiger partial charge in [-0.05, 0) is 84.9 Å². The van der Waals surface area contributed by atoms with E-state index < -0.39 is 11.7 Å². The van der Waals surface area contributed by atoms with Crippen molar-refractivity contribution in [2.45, 2.75) is 74.2 Å². The van der Waals surface area contributed by atoms with Crippen molar-refractivity contribution in [2.24, 2.45) is 5.92 Å². The molecular weight excluding hydrogens is 625 g/mol. The summed E-state index contributed by atoms with van der Waals surface area (Å²) in [6.45, 7) is 2.32. The van der Waals surface area contributed by atoms with Crippen LogP contribution in [-0.4, -0.2) is 65.0 Å². The molecule has 2 aliphatic carbocycles. The first-order valence-electron chi connectivity index (χ1n) is 16.2. The molecule has 6 atom stereocenters. The van der Waals surface area contributed by atoms with Crippen molar-refractivity contribution in [1.29, 1.82) is 0 Å². The van der Waals surface area contributed by atoms with Crippen molar-refractivity contribution in [3.8, 4) is 45.6 Å². The Hall–Kier alpha value is -2.92. The van der Waals surface area contributed by atoms with Crippen molar-refractivity contribution < 1.29 is 39.4 Å². The molecule has 6 unspecified atom stereocenters. The van der Waals surface area contributed by atoms with Gasteiger partial charge in [0.25, 0.3) is 0 Å². The van der Waals surface area contributed by atoms with Crippen molar-refractivity contribution in [2.75, 3.05) is 33.2 Å². The first kappa shape index (κ1) is 31.7. The minimum Gasteiger partial charge on any atom is -0.508 e. The Kier molecular flexibility index (Phi) is 8.67. The summed E-state index contributed by atoms with van der Waals surface area (Å²) < 4.78 is 24.4. The summed E-state index contributed by atoms with van der Waals surface area (Å²) in [5, 5.41) is 43.8. The highest BCUT2D eigenvalue weighted by molar-refractivity contribution is 8.76. The molecule has 4 bridgehead atoms. The van der Waals surface area contributed by atoms with Crippen LogP contribution in [0.2, 0.25) is 0 Å². The van der Waals surface area contributed by atoms with Crippen LogP contribution in [-0.2, 0) is 12.0 Å². The van der Waals surface area contributed by atoms with Crippen LogP contribution in [0.1, 0.15) is 73.1 Å². The smallest absolute Gasteiger partial charge is 0.200 e. The average molecular weight is 667 g/mol. The monoisotopic (exact) mass is 666 g/mol. The molecule has 1 fully saturated rings. The van der Waals surface area contributed by atoms with Gasteiger partial charge in [-0.2, -0.15) is 0 Å². The summed E-state index contributed by atoms with van der Waals surface area (Å²) in [5.41, 5.74) is 4.81. The Labute approximate surface area is 277 Å². The number of hydrogen-bond acceptors (Lipinski definition) is 10. The van der Waals surface area contributed by atoms with Gasteiger partial charge >= 0.3 is 0 Å². The van der Waals surface area contributed by atoms with Gasteiger partial charge in [-0.25, -0.2) is 0 Å². The lowest BCUT2D eigenvalue weighted by Crippen LogP contribution is -2.56. The molecular formula is C36H42O8S2. The fourth-order valence-corrected chi connectivity index (χ4v) is 11.3. The number of methoxy groups -OCH3 is 2. The van der Waals surface area contributed by atoms with Crippen LogP contribution in [0.5, 0.6) is 34.5 Å². The van der Waals surface area contributed by atoms with E-state index in [4.69, 9.17) is 18.9 Å². The molecule has 0 spiro atoms. The summed E-state index contributed by atoms with van der Waals surface area (Å²) in [7, 11) is 6.77. The maximum atomic E-state index is 12.6. The van der Waals surface area contributed by atoms with Gasteiger partial charge in [-0.1, -0.05) is 41.0 Å². The van der Waals surface area contributed by atoms with Crippen molar-refractivity contribution in [3.63, 3.8) is 0 Å². The molecule has 7 rings (SSSR count). The number of aliphatic hydroxyl groups is 2. The van der Waals surface area contributed by atoms with Crippen LogP contribution in [0, 0.1) is 5.92 Å². The Bertz CT molecular complexity index is 1600. The normalized spacial score (nSPS) is 28.2. The molecule has 4 aliphatic rings. The quantitative estimate of drug-likeness (QED) is 0.207. The number of hydrogen-bond donors (Lipinski definition) is 4. The van der Waals surface area contributed by atoms with Crippen LogP contribution in [0.15, 0.2) is 36.4 Å². The third-order valence-electron chi connectivity index (χ3n) is 10.5. The highest BCUT2D eigenvalue weighted by Crippen LogP contribution is 2.62. The Balaban J connectivity index is 1.48. The Morgan fingerprint density at radius 3 is 2.50 bits per heavy atom. The van der Waals surface area contributed by atoms with E-state index in [0.29, 0.717) is 29.4 Å². The summed E-state index contributed by atoms with van der Waals surface area (Å²) in [6, 6.07) is 11.0. The Morgan fingerprint density at radius 1 is 0.978 bits per heavy atom. The summed E-state index contributed by atoms with van der Waals surface area (Å²) in [5.74, 6) is 3.51. The molecule has 3 aromatic rings. The molecule has 0 aromatic heterocycles. The van der Waals surface area contributed by atoms with E-state index in [0.717, 1.165) is 65.7 Å². The largest absolute Gasteiger partial charge is 0.508 e. The van der Waals surface area contributed by atoms with E-state index in [1.165, 1.54) is 14.2 Å². The summed E-state index contributed by atoms with van der Waals surface area (Å²) in [6.07, 6.45) is 4.43. The van der Waals surface area contributed by atoms with Crippen LogP contribution >= 0.6 is 21.6 Å². The number of phenolic OH excluding ortho intramolecular Hbond substituents is 2. The molecule has 0 radical (unpaired) electrons. The zero-order valence-corrected chi connectivity index (χ0v) is 28.1. The van der Waals surface area contributed by atoms with E-state index in [9.17, 15) is 20.4 Å². The molecule has 3 aromatic carbocycles. The molecule has 1 saturated carbocycles. The molecule has 0 amide bonds. The number of aliphatic hydroxyl groups excluding tert-OH is 2. The van der Waals surface area contributed by atoms with E-state index in [1.54, 1.807) is 18.2 Å². The second-order valence-corrected chi connectivity index (χ2v) is 15.8. The molecule has 2 heterocycles. The lowest BCUT2D eigenvalue weighted by molar-refractivity contribution is -0.111. The third kappa shape index (κ3) is 5.16. The second kappa shape index (κ2) is 12.6. The minimum atomic E-state index is -1.11. The SMILES string of the molecule is COc1cc(C23CCC4SSCCC(C)CCC5Cc6c(c(OCCO)cc(c6C4C2O)O3)-c2ccc(O)cc25)cc(OC)c1O. The predicted molar refractivity (Wildman–Crippen MR) is 181 cm³/mol. The van der Waals surface area contributed by atoms with E-state index >= 15 is 0 Å². The van der Waals surface area contributed by atoms with E-state index in [-0.39, 0.29) is 53.3 Å². The fourth-order valence-electron chi connectivity index (χ4n) is 8.12. The van der Waals surface area contributed by atoms with Crippen molar-refractivity contribution in [3.05, 3.63) is 58.7 Å². The van der Waals surface area contributed by atoms with Crippen LogP contribution in [0.4, 0.5) is 0 Å². The maximum Gasteiger partial charge on any atom is 0.200 e. The predicted octanol–water partition coefficient (Wildman–Crippen LogP) is 6.89. The second-order valence-electron chi connectivity index (χ2n) is 13.0. The summed E-state index contributed by atoms with van der Waals surface area (Å²) in [4.78, 5) is 0. The van der Waals surface area contributed by atoms with E-state index in [2.05, 4.69) is 6.92 Å². The third-order valence-corrected chi connectivity index (χ3v) is 13.4. The number of benzene rings is 3. The van der Waals surface area contributed by atoms with Crippen LogP contribution < -0.4 is 18.9 Å². The van der Waals surface area contributed by atoms with Gasteiger partial charge in [0, 0.05) is 39.7 Å². The number of ether oxygens (including phenoxy) is 4. The zero-order valence-electron chi connectivity index (χ0n) is 26.5. The van der Waals surface area contributed by atoms with Crippen molar-refractivity contribution >= 4 is 21.6 Å². The maximum absolute atomic E-state index is 12.6. The standard InChI is InChI=1S/C36H42O8S2/c1-19-4-5-20-14-25-31(23-7-6-22(38)17-24(20)23)26(43-12-11-37)18-27-32(25)33-30(46-45-13-9-19)8-10-36(44-27,35(33)40)21-15-28(41-2)34(39)29(16-21)42-3/h6-7,15-20,30,33,35,37-40H,4-5,8-14H2,1-3H3. The van der Waals surface area contributed by atoms with Gasteiger partial charge in [-0.15, -0.1) is 0 Å². The highest BCUT2D eigenvalue weighted by atomic mass is 33.1. The van der Waals surface area contributed by atoms with Gasteiger partial charge in [-0.3, -0.25) is 0 Å². The first-order valence-corrected chi connectivity index (χ1v) is 18.5. The molecule has 2 aliphatic heterocycles. The first-order chi connectivity index (χ1) is 22.3. The topological polar surface area (TPSA) is 118 Å². The van der Waals surface area contributed by atoms with Gasteiger partial charge in [0.15, 0.2) is 17.1 Å². The van der Waals surface area contributed by atoms with Gasteiger partial charge in [0.2, 0.25) is 5.75 Å². The number of rotatable bonds is 6. The zero-order chi connectivity index (χ0) is 32.2.